The van der Waals surface area contributed by atoms with E-state index in [1.54, 1.807) is 4.57 Å². The number of rotatable bonds is 4. The maximum absolute atomic E-state index is 12.1. The van der Waals surface area contributed by atoms with Crippen LogP contribution in [0.4, 0.5) is 0 Å². The Balaban J connectivity index is 2.37. The van der Waals surface area contributed by atoms with Crippen molar-refractivity contribution >= 4 is 17.3 Å². The number of carbonyl (C=O) groups is 1. The van der Waals surface area contributed by atoms with Crippen molar-refractivity contribution in [2.24, 2.45) is 0 Å². The Labute approximate surface area is 115 Å². The molecule has 0 radical (unpaired) electrons. The van der Waals surface area contributed by atoms with E-state index in [0.717, 1.165) is 10.6 Å². The molecule has 2 heterocycles. The molecular weight excluding hydrogens is 266 g/mol. The molecule has 1 N–H and O–H groups in total. The molecule has 5 nitrogen and oxygen atoms in total. The summed E-state index contributed by atoms with van der Waals surface area (Å²) < 4.78 is 7.68. The van der Waals surface area contributed by atoms with E-state index in [1.165, 1.54) is 11.3 Å². The Hall–Kier alpha value is -1.14. The molecule has 0 saturated carbocycles. The van der Waals surface area contributed by atoms with E-state index in [9.17, 15) is 9.59 Å². The third kappa shape index (κ3) is 2.47. The first kappa shape index (κ1) is 14.3. The average molecular weight is 285 g/mol. The van der Waals surface area contributed by atoms with E-state index in [2.05, 4.69) is 0 Å². The Kier molecular flexibility index (Phi) is 3.35. The fraction of sp³-hybridized carbons (Fsp3) is 0.692. The molecule has 0 saturated heterocycles. The van der Waals surface area contributed by atoms with Crippen LogP contribution in [0.5, 0.6) is 0 Å². The van der Waals surface area contributed by atoms with Gasteiger partial charge in [-0.2, -0.15) is 0 Å². The smallest absolute Gasteiger partial charge is 0.307 e. The van der Waals surface area contributed by atoms with Crippen LogP contribution in [0.25, 0.3) is 0 Å². The van der Waals surface area contributed by atoms with Gasteiger partial charge in [0.15, 0.2) is 0 Å². The number of nitrogens with zero attached hydrogens (tertiary/aromatic N) is 1. The van der Waals surface area contributed by atoms with Crippen molar-refractivity contribution < 1.29 is 14.6 Å². The summed E-state index contributed by atoms with van der Waals surface area (Å²) in [6, 6.07) is 0. The van der Waals surface area contributed by atoms with Crippen LogP contribution in [0.1, 0.15) is 51.1 Å². The lowest BCUT2D eigenvalue weighted by atomic mass is 10.0. The number of ether oxygens (including phenoxy) is 1. The molecule has 1 aliphatic rings. The number of fused-ring (bicyclic) bond motifs is 1. The summed E-state index contributed by atoms with van der Waals surface area (Å²) >= 11 is 1.21. The highest BCUT2D eigenvalue weighted by atomic mass is 32.1. The zero-order chi connectivity index (χ0) is 14.4. The SMILES string of the molecule is CC1(C)OC(C)(C)c2c1sc(=O)n2CCCC(=O)O. The first-order valence-electron chi connectivity index (χ1n) is 6.32. The lowest BCUT2D eigenvalue weighted by molar-refractivity contribution is -0.137. The van der Waals surface area contributed by atoms with Crippen molar-refractivity contribution in [3.8, 4) is 0 Å². The predicted molar refractivity (Wildman–Crippen MR) is 72.6 cm³/mol. The van der Waals surface area contributed by atoms with Crippen LogP contribution in [-0.4, -0.2) is 15.6 Å². The third-order valence-corrected chi connectivity index (χ3v) is 4.58. The molecule has 0 spiro atoms. The minimum atomic E-state index is -0.837. The Bertz CT molecular complexity index is 568. The standard InChI is InChI=1S/C13H19NO4S/c1-12(2)9-10(13(3,4)18-12)19-11(17)14(9)7-5-6-8(15)16/h5-7H2,1-4H3,(H,15,16). The topological polar surface area (TPSA) is 68.5 Å². The molecule has 0 aliphatic carbocycles. The number of carboxylic acids is 1. The van der Waals surface area contributed by atoms with Gasteiger partial charge in [-0.3, -0.25) is 14.2 Å². The molecule has 0 amide bonds. The van der Waals surface area contributed by atoms with E-state index in [-0.39, 0.29) is 11.3 Å². The molecule has 1 aliphatic heterocycles. The third-order valence-electron chi connectivity index (χ3n) is 3.29. The van der Waals surface area contributed by atoms with E-state index in [4.69, 9.17) is 9.84 Å². The zero-order valence-corrected chi connectivity index (χ0v) is 12.5. The summed E-state index contributed by atoms with van der Waals surface area (Å²) in [7, 11) is 0. The van der Waals surface area contributed by atoms with E-state index >= 15 is 0 Å². The lowest BCUT2D eigenvalue weighted by Gasteiger charge is -2.25. The van der Waals surface area contributed by atoms with Gasteiger partial charge in [0.2, 0.25) is 0 Å². The highest BCUT2D eigenvalue weighted by Gasteiger charge is 2.47. The Morgan fingerprint density at radius 2 is 1.95 bits per heavy atom. The van der Waals surface area contributed by atoms with Crippen molar-refractivity contribution in [1.82, 2.24) is 4.57 Å². The number of carboxylic acid groups (broad SMARTS) is 1. The van der Waals surface area contributed by atoms with Gasteiger partial charge < -0.3 is 9.84 Å². The summed E-state index contributed by atoms with van der Waals surface area (Å²) in [6.07, 6.45) is 0.524. The highest BCUT2D eigenvalue weighted by molar-refractivity contribution is 7.09. The molecule has 0 bridgehead atoms. The first-order valence-corrected chi connectivity index (χ1v) is 7.13. The van der Waals surface area contributed by atoms with Gasteiger partial charge in [-0.15, -0.1) is 0 Å². The van der Waals surface area contributed by atoms with Gasteiger partial charge in [-0.1, -0.05) is 11.3 Å². The summed E-state index contributed by atoms with van der Waals surface area (Å²) in [4.78, 5) is 23.6. The predicted octanol–water partition coefficient (Wildman–Crippen LogP) is 2.27. The lowest BCUT2D eigenvalue weighted by Crippen LogP contribution is -2.28. The number of thiazole rings is 1. The van der Waals surface area contributed by atoms with Gasteiger partial charge >= 0.3 is 10.8 Å². The maximum Gasteiger partial charge on any atom is 0.307 e. The van der Waals surface area contributed by atoms with Crippen LogP contribution < -0.4 is 4.87 Å². The second kappa shape index (κ2) is 4.45. The second-order valence-electron chi connectivity index (χ2n) is 5.82. The molecule has 0 unspecified atom stereocenters. The van der Waals surface area contributed by atoms with Gasteiger partial charge in [0.25, 0.3) is 0 Å². The largest absolute Gasteiger partial charge is 0.481 e. The van der Waals surface area contributed by atoms with Gasteiger partial charge in [0.05, 0.1) is 16.2 Å². The van der Waals surface area contributed by atoms with Crippen LogP contribution in [0.2, 0.25) is 0 Å². The van der Waals surface area contributed by atoms with Gasteiger partial charge in [0, 0.05) is 13.0 Å². The number of hydrogen-bond donors (Lipinski definition) is 1. The minimum Gasteiger partial charge on any atom is -0.481 e. The number of hydrogen-bond acceptors (Lipinski definition) is 4. The van der Waals surface area contributed by atoms with E-state index < -0.39 is 17.2 Å². The van der Waals surface area contributed by atoms with Crippen molar-refractivity contribution in [2.45, 2.75) is 58.3 Å². The fourth-order valence-electron chi connectivity index (χ4n) is 2.74. The number of aliphatic carboxylic acids is 1. The normalized spacial score (nSPS) is 19.4. The van der Waals surface area contributed by atoms with Crippen LogP contribution in [0.15, 0.2) is 4.79 Å². The van der Waals surface area contributed by atoms with E-state index in [0.29, 0.717) is 13.0 Å². The summed E-state index contributed by atoms with van der Waals surface area (Å²) in [6.45, 7) is 8.23. The van der Waals surface area contributed by atoms with Crippen LogP contribution in [-0.2, 0) is 27.3 Å². The molecular formula is C13H19NO4S. The Morgan fingerprint density at radius 1 is 1.32 bits per heavy atom. The van der Waals surface area contributed by atoms with Crippen LogP contribution >= 0.6 is 11.3 Å². The summed E-state index contributed by atoms with van der Waals surface area (Å²) in [5.74, 6) is -0.837. The molecule has 1 aromatic heterocycles. The Morgan fingerprint density at radius 3 is 2.53 bits per heavy atom. The number of aromatic nitrogens is 1. The highest BCUT2D eigenvalue weighted by Crippen LogP contribution is 2.47. The maximum atomic E-state index is 12.1. The van der Waals surface area contributed by atoms with Crippen molar-refractivity contribution in [3.05, 3.63) is 20.2 Å². The van der Waals surface area contributed by atoms with Crippen LogP contribution in [0, 0.1) is 0 Å². The summed E-state index contributed by atoms with van der Waals surface area (Å²) in [5.41, 5.74) is -0.0695. The minimum absolute atomic E-state index is 0.0279. The van der Waals surface area contributed by atoms with Crippen LogP contribution in [0.3, 0.4) is 0 Å². The summed E-state index contributed by atoms with van der Waals surface area (Å²) in [5, 5.41) is 8.68. The molecule has 0 fully saturated rings. The fourth-order valence-corrected chi connectivity index (χ4v) is 3.94. The van der Waals surface area contributed by atoms with Crippen molar-refractivity contribution in [1.29, 1.82) is 0 Å². The molecule has 0 aromatic carbocycles. The average Bonchev–Trinajstić information content (AvgIpc) is 2.63. The van der Waals surface area contributed by atoms with Gasteiger partial charge in [-0.25, -0.2) is 0 Å². The molecule has 19 heavy (non-hydrogen) atoms. The van der Waals surface area contributed by atoms with Gasteiger partial charge in [0.1, 0.15) is 5.60 Å². The second-order valence-corrected chi connectivity index (χ2v) is 6.78. The molecule has 2 rings (SSSR count). The van der Waals surface area contributed by atoms with Crippen molar-refractivity contribution in [2.75, 3.05) is 0 Å². The molecule has 1 aromatic rings. The molecule has 6 heteroatoms. The molecule has 106 valence electrons. The first-order chi connectivity index (χ1) is 8.65. The monoisotopic (exact) mass is 285 g/mol. The zero-order valence-electron chi connectivity index (χ0n) is 11.6. The van der Waals surface area contributed by atoms with Crippen molar-refractivity contribution in [3.63, 3.8) is 0 Å². The van der Waals surface area contributed by atoms with E-state index in [1.807, 2.05) is 27.7 Å². The quantitative estimate of drug-likeness (QED) is 0.921. The van der Waals surface area contributed by atoms with Gasteiger partial charge in [-0.05, 0) is 34.1 Å². The molecule has 0 atom stereocenters.